The summed E-state index contributed by atoms with van der Waals surface area (Å²) in [6.07, 6.45) is 0.732. The van der Waals surface area contributed by atoms with Crippen LogP contribution in [0.4, 0.5) is 13.2 Å². The number of halogens is 3. The first kappa shape index (κ1) is 14.8. The lowest BCUT2D eigenvalue weighted by Crippen LogP contribution is -2.49. The molecular formula is C14H17F3N2O. The molecule has 1 aliphatic heterocycles. The molecule has 1 heterocycles. The highest BCUT2D eigenvalue weighted by Gasteiger charge is 2.38. The molecule has 6 heteroatoms. The molecule has 0 bridgehead atoms. The van der Waals surface area contributed by atoms with E-state index in [-0.39, 0.29) is 17.5 Å². The van der Waals surface area contributed by atoms with Crippen molar-refractivity contribution in [3.8, 4) is 0 Å². The van der Waals surface area contributed by atoms with E-state index in [1.165, 1.54) is 0 Å². The van der Waals surface area contributed by atoms with Crippen LogP contribution in [0.5, 0.6) is 0 Å². The second-order valence-corrected chi connectivity index (χ2v) is 5.49. The van der Waals surface area contributed by atoms with Gasteiger partial charge >= 0.3 is 0 Å². The molecule has 0 aliphatic carbocycles. The Morgan fingerprint density at radius 2 is 1.80 bits per heavy atom. The van der Waals surface area contributed by atoms with Gasteiger partial charge in [-0.3, -0.25) is 4.79 Å². The number of rotatable bonds is 2. The number of nitrogens with one attached hydrogen (secondary N) is 1. The van der Waals surface area contributed by atoms with Crippen LogP contribution in [0.2, 0.25) is 0 Å². The van der Waals surface area contributed by atoms with Crippen LogP contribution in [0, 0.1) is 29.3 Å². The molecule has 1 amide bonds. The van der Waals surface area contributed by atoms with Crippen molar-refractivity contribution >= 4 is 5.91 Å². The van der Waals surface area contributed by atoms with Crippen LogP contribution in [0.25, 0.3) is 0 Å². The molecule has 0 saturated carbocycles. The van der Waals surface area contributed by atoms with Gasteiger partial charge in [0.15, 0.2) is 17.5 Å². The molecule has 1 aromatic carbocycles. The average molecular weight is 286 g/mol. The van der Waals surface area contributed by atoms with Gasteiger partial charge in [0.05, 0.1) is 5.92 Å². The van der Waals surface area contributed by atoms with E-state index in [2.05, 4.69) is 5.32 Å². The third-order valence-corrected chi connectivity index (χ3v) is 3.86. The van der Waals surface area contributed by atoms with Crippen molar-refractivity contribution < 1.29 is 18.0 Å². The van der Waals surface area contributed by atoms with Crippen LogP contribution in [0.1, 0.15) is 31.9 Å². The van der Waals surface area contributed by atoms with E-state index in [0.29, 0.717) is 0 Å². The Morgan fingerprint density at radius 3 is 2.30 bits per heavy atom. The third-order valence-electron chi connectivity index (χ3n) is 3.86. The summed E-state index contributed by atoms with van der Waals surface area (Å²) in [5.74, 6) is -5.19. The molecule has 0 radical (unpaired) electrons. The molecule has 3 nitrogen and oxygen atoms in total. The van der Waals surface area contributed by atoms with E-state index in [0.717, 1.165) is 18.6 Å². The van der Waals surface area contributed by atoms with E-state index in [4.69, 9.17) is 5.73 Å². The van der Waals surface area contributed by atoms with E-state index < -0.39 is 35.3 Å². The topological polar surface area (TPSA) is 55.1 Å². The van der Waals surface area contributed by atoms with Gasteiger partial charge in [0, 0.05) is 12.1 Å². The number of benzene rings is 1. The highest BCUT2D eigenvalue weighted by molar-refractivity contribution is 5.78. The Kier molecular flexibility index (Phi) is 4.04. The molecule has 4 atom stereocenters. The fraction of sp³-hybridized carbons (Fsp3) is 0.500. The second kappa shape index (κ2) is 5.44. The first-order valence-electron chi connectivity index (χ1n) is 6.51. The van der Waals surface area contributed by atoms with Gasteiger partial charge < -0.3 is 11.1 Å². The van der Waals surface area contributed by atoms with Crippen molar-refractivity contribution in [2.75, 3.05) is 0 Å². The summed E-state index contributed by atoms with van der Waals surface area (Å²) in [6, 6.07) is 1.28. The molecule has 1 aromatic rings. The van der Waals surface area contributed by atoms with Gasteiger partial charge in [-0.15, -0.1) is 0 Å². The molecule has 1 fully saturated rings. The number of carbonyl (C=O) groups is 1. The van der Waals surface area contributed by atoms with Gasteiger partial charge in [-0.1, -0.05) is 6.92 Å². The van der Waals surface area contributed by atoms with Crippen LogP contribution in [0.3, 0.4) is 0 Å². The lowest BCUT2D eigenvalue weighted by atomic mass is 9.76. The zero-order chi connectivity index (χ0) is 15.0. The normalized spacial score (nSPS) is 30.2. The smallest absolute Gasteiger partial charge is 0.222 e. The van der Waals surface area contributed by atoms with Crippen molar-refractivity contribution in [3.05, 3.63) is 35.1 Å². The van der Waals surface area contributed by atoms with Gasteiger partial charge in [0.2, 0.25) is 5.91 Å². The van der Waals surface area contributed by atoms with Gasteiger partial charge in [-0.05, 0) is 37.0 Å². The summed E-state index contributed by atoms with van der Waals surface area (Å²) in [7, 11) is 0. The van der Waals surface area contributed by atoms with Crippen molar-refractivity contribution in [2.24, 2.45) is 17.6 Å². The highest BCUT2D eigenvalue weighted by atomic mass is 19.2. The summed E-state index contributed by atoms with van der Waals surface area (Å²) in [5.41, 5.74) is 5.59. The number of hydrogen-bond acceptors (Lipinski definition) is 2. The molecule has 20 heavy (non-hydrogen) atoms. The lowest BCUT2D eigenvalue weighted by Gasteiger charge is -2.39. The second-order valence-electron chi connectivity index (χ2n) is 5.49. The van der Waals surface area contributed by atoms with Gasteiger partial charge in [-0.25, -0.2) is 13.2 Å². The molecule has 0 spiro atoms. The molecule has 110 valence electrons. The first-order chi connectivity index (χ1) is 9.31. The minimum Gasteiger partial charge on any atom is -0.369 e. The van der Waals surface area contributed by atoms with Crippen molar-refractivity contribution in [3.63, 3.8) is 0 Å². The van der Waals surface area contributed by atoms with Crippen molar-refractivity contribution in [1.29, 1.82) is 0 Å². The molecular weight excluding hydrogens is 269 g/mol. The Balaban J connectivity index is 2.44. The number of primary amides is 1. The van der Waals surface area contributed by atoms with Gasteiger partial charge in [0.1, 0.15) is 0 Å². The molecule has 2 rings (SSSR count). The predicted octanol–water partition coefficient (Wildman–Crippen LogP) is 2.26. The largest absolute Gasteiger partial charge is 0.369 e. The quantitative estimate of drug-likeness (QED) is 0.819. The van der Waals surface area contributed by atoms with Gasteiger partial charge in [-0.2, -0.15) is 0 Å². The maximum Gasteiger partial charge on any atom is 0.222 e. The van der Waals surface area contributed by atoms with Gasteiger partial charge in [0.25, 0.3) is 0 Å². The van der Waals surface area contributed by atoms with E-state index in [9.17, 15) is 18.0 Å². The standard InChI is InChI=1S/C14H17F3N2O/c1-6-3-7(2)19-13(11(6)14(18)20)8-4-9(15)12(17)10(16)5-8/h4-7,11,13,19H,3H2,1-2H3,(H2,18,20). The number of piperidine rings is 1. The summed E-state index contributed by atoms with van der Waals surface area (Å²) in [4.78, 5) is 11.6. The number of amides is 1. The minimum atomic E-state index is -1.51. The summed E-state index contributed by atoms with van der Waals surface area (Å²) in [5, 5.41) is 3.11. The highest BCUT2D eigenvalue weighted by Crippen LogP contribution is 2.36. The lowest BCUT2D eigenvalue weighted by molar-refractivity contribution is -0.125. The minimum absolute atomic E-state index is 0.0232. The first-order valence-corrected chi connectivity index (χ1v) is 6.51. The number of hydrogen-bond donors (Lipinski definition) is 2. The molecule has 4 unspecified atom stereocenters. The zero-order valence-corrected chi connectivity index (χ0v) is 11.3. The molecule has 1 saturated heterocycles. The Bertz CT molecular complexity index is 512. The Hall–Kier alpha value is -1.56. The average Bonchev–Trinajstić information content (AvgIpc) is 2.33. The maximum atomic E-state index is 13.4. The zero-order valence-electron chi connectivity index (χ0n) is 11.3. The van der Waals surface area contributed by atoms with Crippen LogP contribution in [-0.2, 0) is 4.79 Å². The Morgan fingerprint density at radius 1 is 1.25 bits per heavy atom. The summed E-state index contributed by atoms with van der Waals surface area (Å²) < 4.78 is 39.7. The van der Waals surface area contributed by atoms with E-state index >= 15 is 0 Å². The van der Waals surface area contributed by atoms with Crippen molar-refractivity contribution in [2.45, 2.75) is 32.4 Å². The van der Waals surface area contributed by atoms with Crippen LogP contribution in [0.15, 0.2) is 12.1 Å². The SMILES string of the molecule is CC1CC(C)C(C(N)=O)C(c2cc(F)c(F)c(F)c2)N1. The van der Waals surface area contributed by atoms with E-state index in [1.54, 1.807) is 0 Å². The number of nitrogens with two attached hydrogens (primary N) is 1. The van der Waals surface area contributed by atoms with Crippen LogP contribution in [-0.4, -0.2) is 11.9 Å². The van der Waals surface area contributed by atoms with Crippen LogP contribution >= 0.6 is 0 Å². The fourth-order valence-electron chi connectivity index (χ4n) is 3.01. The fourth-order valence-corrected chi connectivity index (χ4v) is 3.01. The van der Waals surface area contributed by atoms with Crippen LogP contribution < -0.4 is 11.1 Å². The molecule has 0 aromatic heterocycles. The predicted molar refractivity (Wildman–Crippen MR) is 68.1 cm³/mol. The molecule has 3 N–H and O–H groups in total. The Labute approximate surface area is 115 Å². The summed E-state index contributed by atoms with van der Waals surface area (Å²) >= 11 is 0. The van der Waals surface area contributed by atoms with Crippen molar-refractivity contribution in [1.82, 2.24) is 5.32 Å². The third kappa shape index (κ3) is 2.65. The van der Waals surface area contributed by atoms with E-state index in [1.807, 2.05) is 13.8 Å². The number of carbonyl (C=O) groups excluding carboxylic acids is 1. The molecule has 1 aliphatic rings. The maximum absolute atomic E-state index is 13.4. The monoisotopic (exact) mass is 286 g/mol. The summed E-state index contributed by atoms with van der Waals surface area (Å²) in [6.45, 7) is 3.78.